The van der Waals surface area contributed by atoms with Crippen LogP contribution in [-0.4, -0.2) is 26.7 Å². The lowest BCUT2D eigenvalue weighted by Crippen LogP contribution is -2.39. The number of aryl methyl sites for hydroxylation is 2. The summed E-state index contributed by atoms with van der Waals surface area (Å²) in [5.41, 5.74) is 6.60. The average molecular weight is 463 g/mol. The number of benzene rings is 1. The molecule has 3 N–H and O–H groups in total. The summed E-state index contributed by atoms with van der Waals surface area (Å²) in [5.74, 6) is -0.546. The Hall–Kier alpha value is -2.36. The predicted molar refractivity (Wildman–Crippen MR) is 120 cm³/mol. The van der Waals surface area contributed by atoms with Gasteiger partial charge in [-0.05, 0) is 62.4 Å². The van der Waals surface area contributed by atoms with Crippen molar-refractivity contribution in [2.24, 2.45) is 5.73 Å². The number of nitrogens with zero attached hydrogens (tertiary/aromatic N) is 2. The molecule has 0 saturated heterocycles. The molecule has 0 saturated carbocycles. The van der Waals surface area contributed by atoms with E-state index in [2.05, 4.69) is 5.32 Å². The Labute approximate surface area is 185 Å². The maximum atomic E-state index is 13.6. The first kappa shape index (κ1) is 20.9. The zero-order valence-corrected chi connectivity index (χ0v) is 18.5. The fourth-order valence-corrected chi connectivity index (χ4v) is 5.87. The Bertz CT molecular complexity index is 1200. The summed E-state index contributed by atoms with van der Waals surface area (Å²) in [5, 5.41) is 2.97. The summed E-state index contributed by atoms with van der Waals surface area (Å²) < 4.78 is 1.51. The molecule has 0 bridgehead atoms. The van der Waals surface area contributed by atoms with E-state index in [1.54, 1.807) is 42.5 Å². The summed E-state index contributed by atoms with van der Waals surface area (Å²) in [7, 11) is 0. The van der Waals surface area contributed by atoms with Crippen molar-refractivity contribution in [3.05, 3.63) is 50.1 Å². The topological polar surface area (TPSA) is 107 Å². The van der Waals surface area contributed by atoms with Gasteiger partial charge in [-0.2, -0.15) is 0 Å². The molecule has 156 valence electrons. The first-order valence-corrected chi connectivity index (χ1v) is 11.5. The third-order valence-electron chi connectivity index (χ3n) is 4.94. The number of aromatic nitrogens is 2. The third kappa shape index (κ3) is 3.97. The van der Waals surface area contributed by atoms with Crippen LogP contribution in [0.2, 0.25) is 5.02 Å². The molecule has 0 aliphatic heterocycles. The highest BCUT2D eigenvalue weighted by atomic mass is 35.5. The number of amides is 3. The van der Waals surface area contributed by atoms with Gasteiger partial charge in [0.2, 0.25) is 5.91 Å². The lowest BCUT2D eigenvalue weighted by Gasteiger charge is -2.16. The van der Waals surface area contributed by atoms with Gasteiger partial charge in [0, 0.05) is 9.90 Å². The van der Waals surface area contributed by atoms with Crippen LogP contribution in [0, 0.1) is 0 Å². The number of rotatable bonds is 4. The van der Waals surface area contributed by atoms with Gasteiger partial charge in [0.15, 0.2) is 5.16 Å². The van der Waals surface area contributed by atoms with Crippen LogP contribution in [0.5, 0.6) is 0 Å². The number of nitrogens with one attached hydrogen (secondary N) is 1. The van der Waals surface area contributed by atoms with Crippen molar-refractivity contribution in [2.75, 3.05) is 0 Å². The van der Waals surface area contributed by atoms with E-state index in [1.165, 1.54) is 9.44 Å². The van der Waals surface area contributed by atoms with Crippen LogP contribution < -0.4 is 16.6 Å². The van der Waals surface area contributed by atoms with Gasteiger partial charge < -0.3 is 5.73 Å². The number of halogens is 1. The van der Waals surface area contributed by atoms with Crippen LogP contribution >= 0.6 is 34.7 Å². The second-order valence-corrected chi connectivity index (χ2v) is 9.84. The van der Waals surface area contributed by atoms with Crippen molar-refractivity contribution in [2.45, 2.75) is 43.0 Å². The Morgan fingerprint density at radius 3 is 2.67 bits per heavy atom. The van der Waals surface area contributed by atoms with Gasteiger partial charge in [0.05, 0.1) is 16.3 Å². The molecule has 3 aromatic rings. The van der Waals surface area contributed by atoms with Crippen molar-refractivity contribution in [3.8, 4) is 5.69 Å². The summed E-state index contributed by atoms with van der Waals surface area (Å²) >= 11 is 8.67. The second kappa shape index (κ2) is 8.41. The number of urea groups is 1. The zero-order chi connectivity index (χ0) is 21.4. The van der Waals surface area contributed by atoms with Crippen LogP contribution in [-0.2, 0) is 17.6 Å². The monoisotopic (exact) mass is 462 g/mol. The number of thioether (sulfide) groups is 1. The van der Waals surface area contributed by atoms with Gasteiger partial charge in [-0.25, -0.2) is 9.78 Å². The van der Waals surface area contributed by atoms with Crippen molar-refractivity contribution in [1.82, 2.24) is 14.9 Å². The van der Waals surface area contributed by atoms with Crippen LogP contribution in [0.3, 0.4) is 0 Å². The quantitative estimate of drug-likeness (QED) is 0.454. The number of fused-ring (bicyclic) bond motifs is 3. The van der Waals surface area contributed by atoms with E-state index in [9.17, 15) is 14.4 Å². The predicted octanol–water partition coefficient (Wildman–Crippen LogP) is 3.65. The number of hydrogen-bond acceptors (Lipinski definition) is 6. The first-order valence-electron chi connectivity index (χ1n) is 9.45. The Morgan fingerprint density at radius 1 is 1.27 bits per heavy atom. The third-order valence-corrected chi connectivity index (χ3v) is 7.43. The molecule has 0 fully saturated rings. The van der Waals surface area contributed by atoms with Gasteiger partial charge in [-0.15, -0.1) is 11.3 Å². The number of carbonyl (C=O) groups is 2. The highest BCUT2D eigenvalue weighted by molar-refractivity contribution is 8.00. The van der Waals surface area contributed by atoms with Gasteiger partial charge in [0.1, 0.15) is 4.83 Å². The molecule has 1 atom stereocenters. The fourth-order valence-electron chi connectivity index (χ4n) is 3.52. The number of nitrogens with two attached hydrogens (primary N) is 1. The largest absolute Gasteiger partial charge is 0.351 e. The van der Waals surface area contributed by atoms with Crippen LogP contribution in [0.1, 0.15) is 30.2 Å². The maximum Gasteiger partial charge on any atom is 0.318 e. The van der Waals surface area contributed by atoms with E-state index < -0.39 is 17.2 Å². The standard InChI is InChI=1S/C20H19ClN4O3S2/c1-10(16(26)23-19(22)28)29-20-24-17-15(13-4-2-3-5-14(13)30-17)18(27)25(20)12-8-6-11(21)7-9-12/h6-10H,2-5H2,1H3,(H3,22,23,26,28)/t10-/m0/s1. The van der Waals surface area contributed by atoms with Crippen LogP contribution in [0.4, 0.5) is 4.79 Å². The summed E-state index contributed by atoms with van der Waals surface area (Å²) in [6, 6.07) is 5.97. The molecule has 0 radical (unpaired) electrons. The smallest absolute Gasteiger partial charge is 0.318 e. The van der Waals surface area contributed by atoms with E-state index in [0.29, 0.717) is 26.1 Å². The minimum Gasteiger partial charge on any atom is -0.351 e. The second-order valence-electron chi connectivity index (χ2n) is 7.02. The lowest BCUT2D eigenvalue weighted by molar-refractivity contribution is -0.119. The van der Waals surface area contributed by atoms with E-state index in [-0.39, 0.29) is 5.56 Å². The lowest BCUT2D eigenvalue weighted by atomic mass is 9.97. The molecule has 2 heterocycles. The van der Waals surface area contributed by atoms with Crippen LogP contribution in [0.15, 0.2) is 34.2 Å². The summed E-state index contributed by atoms with van der Waals surface area (Å²) in [4.78, 5) is 43.5. The Balaban J connectivity index is 1.88. The fraction of sp³-hybridized carbons (Fsp3) is 0.300. The molecule has 1 aliphatic rings. The molecule has 3 amide bonds. The maximum absolute atomic E-state index is 13.6. The normalized spacial score (nSPS) is 14.3. The molecule has 2 aromatic heterocycles. The van der Waals surface area contributed by atoms with Crippen molar-refractivity contribution >= 4 is 56.9 Å². The summed E-state index contributed by atoms with van der Waals surface area (Å²) in [6.45, 7) is 1.63. The summed E-state index contributed by atoms with van der Waals surface area (Å²) in [6.07, 6.45) is 3.99. The van der Waals surface area contributed by atoms with Gasteiger partial charge in [-0.3, -0.25) is 19.5 Å². The number of imide groups is 1. The van der Waals surface area contributed by atoms with Crippen molar-refractivity contribution < 1.29 is 9.59 Å². The minimum absolute atomic E-state index is 0.160. The van der Waals surface area contributed by atoms with Gasteiger partial charge in [-0.1, -0.05) is 23.4 Å². The number of hydrogen-bond donors (Lipinski definition) is 2. The molecular formula is C20H19ClN4O3S2. The molecule has 30 heavy (non-hydrogen) atoms. The highest BCUT2D eigenvalue weighted by Crippen LogP contribution is 2.35. The average Bonchev–Trinajstić information content (AvgIpc) is 3.07. The molecule has 0 spiro atoms. The first-order chi connectivity index (χ1) is 14.3. The molecule has 10 heteroatoms. The van der Waals surface area contributed by atoms with Gasteiger partial charge >= 0.3 is 6.03 Å². The molecule has 0 unspecified atom stereocenters. The van der Waals surface area contributed by atoms with Gasteiger partial charge in [0.25, 0.3) is 5.56 Å². The molecule has 4 rings (SSSR count). The molecule has 1 aliphatic carbocycles. The Morgan fingerprint density at radius 2 is 1.97 bits per heavy atom. The molecular weight excluding hydrogens is 444 g/mol. The minimum atomic E-state index is -0.920. The highest BCUT2D eigenvalue weighted by Gasteiger charge is 2.25. The number of primary amides is 1. The van der Waals surface area contributed by atoms with E-state index in [4.69, 9.17) is 22.3 Å². The number of thiophene rings is 1. The van der Waals surface area contributed by atoms with E-state index in [0.717, 1.165) is 43.0 Å². The SMILES string of the molecule is C[C@H](Sc1nc2sc3c(c2c(=O)n1-c1ccc(Cl)cc1)CCCC3)C(=O)NC(N)=O. The van der Waals surface area contributed by atoms with Crippen molar-refractivity contribution in [3.63, 3.8) is 0 Å². The molecule has 1 aromatic carbocycles. The zero-order valence-electron chi connectivity index (χ0n) is 16.1. The van der Waals surface area contributed by atoms with Crippen molar-refractivity contribution in [1.29, 1.82) is 0 Å². The number of carbonyl (C=O) groups excluding carboxylic acids is 2. The van der Waals surface area contributed by atoms with E-state index in [1.807, 2.05) is 0 Å². The van der Waals surface area contributed by atoms with E-state index >= 15 is 0 Å². The Kier molecular flexibility index (Phi) is 5.86. The van der Waals surface area contributed by atoms with Crippen LogP contribution in [0.25, 0.3) is 15.9 Å². The molecule has 7 nitrogen and oxygen atoms in total.